The minimum atomic E-state index is -0.423. The molecule has 0 radical (unpaired) electrons. The summed E-state index contributed by atoms with van der Waals surface area (Å²) in [5, 5.41) is 19.0. The van der Waals surface area contributed by atoms with Crippen molar-refractivity contribution in [3.63, 3.8) is 0 Å². The van der Waals surface area contributed by atoms with Crippen molar-refractivity contribution in [2.24, 2.45) is 5.92 Å². The molecule has 0 saturated heterocycles. The topological polar surface area (TPSA) is 77.1 Å². The first kappa shape index (κ1) is 27.3. The molecule has 0 aliphatic heterocycles. The van der Waals surface area contributed by atoms with Crippen LogP contribution in [0.2, 0.25) is 0 Å². The Bertz CT molecular complexity index is 1410. The second kappa shape index (κ2) is 12.7. The van der Waals surface area contributed by atoms with Crippen LogP contribution in [0.1, 0.15) is 36.1 Å². The van der Waals surface area contributed by atoms with Gasteiger partial charge < -0.3 is 4.74 Å². The van der Waals surface area contributed by atoms with Gasteiger partial charge in [-0.05, 0) is 51.4 Å². The molecule has 0 aliphatic carbocycles. The molecule has 4 rings (SSSR count). The van der Waals surface area contributed by atoms with Gasteiger partial charge in [0, 0.05) is 13.1 Å². The van der Waals surface area contributed by atoms with Crippen molar-refractivity contribution in [3.8, 4) is 34.4 Å². The van der Waals surface area contributed by atoms with E-state index in [2.05, 4.69) is 17.0 Å². The number of benzene rings is 4. The van der Waals surface area contributed by atoms with Crippen molar-refractivity contribution in [1.82, 2.24) is 4.90 Å². The molecule has 1 unspecified atom stereocenters. The molecule has 0 heterocycles. The summed E-state index contributed by atoms with van der Waals surface area (Å²) < 4.78 is 5.19. The molecule has 0 aromatic heterocycles. The first-order chi connectivity index (χ1) is 18.9. The second-order valence-corrected chi connectivity index (χ2v) is 9.83. The van der Waals surface area contributed by atoms with Gasteiger partial charge in [0.2, 0.25) is 0 Å². The van der Waals surface area contributed by atoms with Crippen LogP contribution >= 0.6 is 0 Å². The average molecular weight is 514 g/mol. The Morgan fingerprint density at radius 2 is 1.13 bits per heavy atom. The smallest absolute Gasteiger partial charge is 0.323 e. The molecule has 194 valence electrons. The van der Waals surface area contributed by atoms with Crippen molar-refractivity contribution in [2.45, 2.75) is 33.0 Å². The molecule has 5 nitrogen and oxygen atoms in total. The van der Waals surface area contributed by atoms with Gasteiger partial charge in [-0.1, -0.05) is 98.8 Å². The summed E-state index contributed by atoms with van der Waals surface area (Å²) in [5.74, 6) is -0.217. The molecule has 0 aliphatic rings. The van der Waals surface area contributed by atoms with Crippen LogP contribution in [-0.4, -0.2) is 24.0 Å². The Balaban J connectivity index is 1.61. The zero-order valence-electron chi connectivity index (χ0n) is 22.5. The lowest BCUT2D eigenvalue weighted by atomic mass is 9.97. The maximum Gasteiger partial charge on any atom is 0.323 e. The lowest BCUT2D eigenvalue weighted by molar-refractivity contribution is -0.149. The number of methoxy groups -OCH3 is 1. The Morgan fingerprint density at radius 3 is 1.49 bits per heavy atom. The third-order valence-corrected chi connectivity index (χ3v) is 6.86. The maximum atomic E-state index is 12.9. The molecule has 1 atom stereocenters. The predicted octanol–water partition coefficient (Wildman–Crippen LogP) is 6.96. The summed E-state index contributed by atoms with van der Waals surface area (Å²) in [4.78, 5) is 15.0. The molecule has 4 aromatic rings. The fraction of sp³-hybridized carbons (Fsp3) is 0.206. The van der Waals surface area contributed by atoms with Crippen LogP contribution in [0.3, 0.4) is 0 Å². The standard InChI is InChI=1S/C34H31N3O2/c1-24(2)33(34(38)39-3)37(22-25-12-16-27(17-13-25)31-10-6-4-8-29(31)20-35)23-26-14-18-28(19-15-26)32-11-7-5-9-30(32)21-36/h4-19,24,33H,22-23H2,1-3H3. The molecular weight excluding hydrogens is 482 g/mol. The van der Waals surface area contributed by atoms with Crippen molar-refractivity contribution in [3.05, 3.63) is 119 Å². The molecule has 5 heteroatoms. The van der Waals surface area contributed by atoms with Crippen molar-refractivity contribution in [1.29, 1.82) is 10.5 Å². The van der Waals surface area contributed by atoms with Crippen LogP contribution in [0.4, 0.5) is 0 Å². The van der Waals surface area contributed by atoms with Gasteiger partial charge in [-0.25, -0.2) is 0 Å². The van der Waals surface area contributed by atoms with Crippen LogP contribution in [0.5, 0.6) is 0 Å². The molecule has 4 aromatic carbocycles. The van der Waals surface area contributed by atoms with E-state index in [1.165, 1.54) is 7.11 Å². The zero-order valence-corrected chi connectivity index (χ0v) is 22.5. The first-order valence-corrected chi connectivity index (χ1v) is 12.9. The van der Waals surface area contributed by atoms with Gasteiger partial charge in [-0.2, -0.15) is 10.5 Å². The van der Waals surface area contributed by atoms with Gasteiger partial charge >= 0.3 is 5.97 Å². The highest BCUT2D eigenvalue weighted by atomic mass is 16.5. The number of carbonyl (C=O) groups is 1. The van der Waals surface area contributed by atoms with Crippen LogP contribution in [0, 0.1) is 28.6 Å². The number of carbonyl (C=O) groups excluding carboxylic acids is 1. The minimum absolute atomic E-state index is 0.0426. The highest BCUT2D eigenvalue weighted by Gasteiger charge is 2.30. The molecule has 0 amide bonds. The molecule has 0 fully saturated rings. The quantitative estimate of drug-likeness (QED) is 0.226. The van der Waals surface area contributed by atoms with Gasteiger partial charge in [-0.3, -0.25) is 9.69 Å². The van der Waals surface area contributed by atoms with E-state index in [0.29, 0.717) is 24.2 Å². The van der Waals surface area contributed by atoms with E-state index in [1.54, 1.807) is 0 Å². The molecular formula is C34H31N3O2. The molecule has 39 heavy (non-hydrogen) atoms. The highest BCUT2D eigenvalue weighted by Crippen LogP contribution is 2.27. The molecule has 0 bridgehead atoms. The van der Waals surface area contributed by atoms with E-state index in [4.69, 9.17) is 4.74 Å². The molecule has 0 saturated carbocycles. The number of hydrogen-bond acceptors (Lipinski definition) is 5. The number of nitriles is 2. The predicted molar refractivity (Wildman–Crippen MR) is 153 cm³/mol. The number of rotatable bonds is 9. The van der Waals surface area contributed by atoms with Gasteiger partial charge in [-0.15, -0.1) is 0 Å². The molecule has 0 spiro atoms. The number of esters is 1. The fourth-order valence-electron chi connectivity index (χ4n) is 4.93. The average Bonchev–Trinajstić information content (AvgIpc) is 2.97. The van der Waals surface area contributed by atoms with Gasteiger partial charge in [0.05, 0.1) is 30.4 Å². The van der Waals surface area contributed by atoms with E-state index in [-0.39, 0.29) is 11.9 Å². The van der Waals surface area contributed by atoms with Gasteiger partial charge in [0.15, 0.2) is 0 Å². The summed E-state index contributed by atoms with van der Waals surface area (Å²) in [7, 11) is 1.43. The summed E-state index contributed by atoms with van der Waals surface area (Å²) in [6.07, 6.45) is 0. The van der Waals surface area contributed by atoms with Gasteiger partial charge in [0.25, 0.3) is 0 Å². The van der Waals surface area contributed by atoms with Crippen molar-refractivity contribution >= 4 is 5.97 Å². The van der Waals surface area contributed by atoms with E-state index in [0.717, 1.165) is 33.4 Å². The van der Waals surface area contributed by atoms with E-state index < -0.39 is 6.04 Å². The van der Waals surface area contributed by atoms with Gasteiger partial charge in [0.1, 0.15) is 6.04 Å². The minimum Gasteiger partial charge on any atom is -0.468 e. The largest absolute Gasteiger partial charge is 0.468 e. The third kappa shape index (κ3) is 6.41. The van der Waals surface area contributed by atoms with Crippen LogP contribution < -0.4 is 0 Å². The third-order valence-electron chi connectivity index (χ3n) is 6.86. The van der Waals surface area contributed by atoms with Crippen LogP contribution in [0.15, 0.2) is 97.1 Å². The van der Waals surface area contributed by atoms with E-state index >= 15 is 0 Å². The summed E-state index contributed by atoms with van der Waals surface area (Å²) in [5.41, 5.74) is 7.14. The Hall–Kier alpha value is -4.71. The van der Waals surface area contributed by atoms with Crippen LogP contribution in [0.25, 0.3) is 22.3 Å². The zero-order chi connectivity index (χ0) is 27.8. The van der Waals surface area contributed by atoms with E-state index in [9.17, 15) is 15.3 Å². The SMILES string of the molecule is COC(=O)C(C(C)C)N(Cc1ccc(-c2ccccc2C#N)cc1)Cc1ccc(-c2ccccc2C#N)cc1. The Kier molecular flexibility index (Phi) is 8.90. The Morgan fingerprint density at radius 1 is 0.718 bits per heavy atom. The Labute approximate surface area is 230 Å². The highest BCUT2D eigenvalue weighted by molar-refractivity contribution is 5.76. The maximum absolute atomic E-state index is 12.9. The fourth-order valence-corrected chi connectivity index (χ4v) is 4.93. The number of hydrogen-bond donors (Lipinski definition) is 0. The van der Waals surface area contributed by atoms with Crippen molar-refractivity contribution in [2.75, 3.05) is 7.11 Å². The summed E-state index contributed by atoms with van der Waals surface area (Å²) in [6.45, 7) is 5.16. The molecule has 0 N–H and O–H groups in total. The lowest BCUT2D eigenvalue weighted by Crippen LogP contribution is -2.44. The second-order valence-electron chi connectivity index (χ2n) is 9.83. The number of nitrogens with zero attached hydrogens (tertiary/aromatic N) is 3. The van der Waals surface area contributed by atoms with E-state index in [1.807, 2.05) is 111 Å². The first-order valence-electron chi connectivity index (χ1n) is 12.9. The lowest BCUT2D eigenvalue weighted by Gasteiger charge is -2.32. The summed E-state index contributed by atoms with van der Waals surface area (Å²) in [6, 6.07) is 35.5. The monoisotopic (exact) mass is 513 g/mol. The number of ether oxygens (including phenoxy) is 1. The van der Waals surface area contributed by atoms with Crippen LogP contribution in [-0.2, 0) is 22.6 Å². The summed E-state index contributed by atoms with van der Waals surface area (Å²) >= 11 is 0. The van der Waals surface area contributed by atoms with Crippen molar-refractivity contribution < 1.29 is 9.53 Å². The normalized spacial score (nSPS) is 11.6.